The van der Waals surface area contributed by atoms with E-state index in [1.54, 1.807) is 0 Å². The van der Waals surface area contributed by atoms with Gasteiger partial charge in [-0.1, -0.05) is 6.42 Å². The summed E-state index contributed by atoms with van der Waals surface area (Å²) in [6, 6.07) is 5.70. The van der Waals surface area contributed by atoms with Crippen LogP contribution in [0.15, 0.2) is 24.3 Å². The van der Waals surface area contributed by atoms with Gasteiger partial charge >= 0.3 is 0 Å². The molecule has 1 aromatic rings. The lowest BCUT2D eigenvalue weighted by Crippen LogP contribution is -2.43. The zero-order chi connectivity index (χ0) is 14.8. The highest BCUT2D eigenvalue weighted by Gasteiger charge is 2.39. The Balaban J connectivity index is 1.78. The highest BCUT2D eigenvalue weighted by molar-refractivity contribution is 5.95. The zero-order valence-corrected chi connectivity index (χ0v) is 12.1. The number of ketones is 1. The van der Waals surface area contributed by atoms with E-state index in [0.717, 1.165) is 32.1 Å². The predicted molar refractivity (Wildman–Crippen MR) is 77.4 cm³/mol. The molecule has 1 aliphatic heterocycles. The molecule has 1 amide bonds. The fourth-order valence-electron chi connectivity index (χ4n) is 3.64. The van der Waals surface area contributed by atoms with Crippen molar-refractivity contribution in [1.29, 1.82) is 0 Å². The first-order chi connectivity index (χ1) is 10.2. The second-order valence-corrected chi connectivity index (χ2v) is 6.03. The molecule has 0 spiro atoms. The van der Waals surface area contributed by atoms with E-state index in [-0.39, 0.29) is 23.7 Å². The number of amides is 1. The molecule has 2 fully saturated rings. The Labute approximate surface area is 124 Å². The number of carbonyl (C=O) groups excluding carboxylic acids is 2. The standard InChI is InChI=1S/C17H20FNO2/c18-13-9-7-12(8-10-13)17(21)19-11-3-5-15(19)14-4-1-2-6-16(14)20/h7-10,14-15H,1-6,11H2. The Morgan fingerprint density at radius 1 is 1.10 bits per heavy atom. The van der Waals surface area contributed by atoms with Crippen molar-refractivity contribution >= 4 is 11.7 Å². The van der Waals surface area contributed by atoms with Gasteiger partial charge in [0.25, 0.3) is 5.91 Å². The Morgan fingerprint density at radius 2 is 1.86 bits per heavy atom. The SMILES string of the molecule is O=C1CCCCC1C1CCCN1C(=O)c1ccc(F)cc1. The van der Waals surface area contributed by atoms with Crippen LogP contribution in [0.25, 0.3) is 0 Å². The summed E-state index contributed by atoms with van der Waals surface area (Å²) >= 11 is 0. The third-order valence-corrected chi connectivity index (χ3v) is 4.72. The van der Waals surface area contributed by atoms with Gasteiger partial charge in [-0.25, -0.2) is 4.39 Å². The summed E-state index contributed by atoms with van der Waals surface area (Å²) in [4.78, 5) is 26.6. The molecule has 21 heavy (non-hydrogen) atoms. The molecule has 1 aliphatic carbocycles. The maximum atomic E-state index is 13.0. The number of benzene rings is 1. The van der Waals surface area contributed by atoms with Crippen LogP contribution in [-0.2, 0) is 4.79 Å². The van der Waals surface area contributed by atoms with Crippen molar-refractivity contribution in [2.75, 3.05) is 6.54 Å². The number of hydrogen-bond acceptors (Lipinski definition) is 2. The van der Waals surface area contributed by atoms with Crippen LogP contribution in [0.5, 0.6) is 0 Å². The number of nitrogens with zero attached hydrogens (tertiary/aromatic N) is 1. The maximum Gasteiger partial charge on any atom is 0.254 e. The molecular weight excluding hydrogens is 269 g/mol. The first-order valence-electron chi connectivity index (χ1n) is 7.76. The van der Waals surface area contributed by atoms with E-state index in [1.165, 1.54) is 24.3 Å². The van der Waals surface area contributed by atoms with Crippen LogP contribution in [-0.4, -0.2) is 29.2 Å². The quantitative estimate of drug-likeness (QED) is 0.838. The van der Waals surface area contributed by atoms with Crippen LogP contribution in [0.3, 0.4) is 0 Å². The van der Waals surface area contributed by atoms with Crippen molar-refractivity contribution in [3.05, 3.63) is 35.6 Å². The van der Waals surface area contributed by atoms with Crippen molar-refractivity contribution in [1.82, 2.24) is 4.90 Å². The molecule has 0 aromatic heterocycles. The molecule has 4 heteroatoms. The molecule has 0 bridgehead atoms. The van der Waals surface area contributed by atoms with Crippen LogP contribution in [0.1, 0.15) is 48.9 Å². The monoisotopic (exact) mass is 289 g/mol. The molecule has 112 valence electrons. The van der Waals surface area contributed by atoms with Gasteiger partial charge in [0, 0.05) is 30.5 Å². The van der Waals surface area contributed by atoms with Crippen molar-refractivity contribution in [3.63, 3.8) is 0 Å². The molecule has 3 nitrogen and oxygen atoms in total. The van der Waals surface area contributed by atoms with Crippen LogP contribution in [0.2, 0.25) is 0 Å². The van der Waals surface area contributed by atoms with Crippen LogP contribution in [0, 0.1) is 11.7 Å². The van der Waals surface area contributed by atoms with Gasteiger partial charge in [0.2, 0.25) is 0 Å². The number of likely N-dealkylation sites (tertiary alicyclic amines) is 1. The normalized spacial score (nSPS) is 26.1. The fourth-order valence-corrected chi connectivity index (χ4v) is 3.64. The molecule has 1 saturated carbocycles. The van der Waals surface area contributed by atoms with Crippen molar-refractivity contribution in [2.24, 2.45) is 5.92 Å². The lowest BCUT2D eigenvalue weighted by molar-refractivity contribution is -0.126. The minimum Gasteiger partial charge on any atom is -0.335 e. The predicted octanol–water partition coefficient (Wildman–Crippen LogP) is 3.19. The third-order valence-electron chi connectivity index (χ3n) is 4.72. The molecule has 2 unspecified atom stereocenters. The molecule has 1 saturated heterocycles. The van der Waals surface area contributed by atoms with E-state index in [1.807, 2.05) is 4.90 Å². The molecular formula is C17H20FNO2. The van der Waals surface area contributed by atoms with Crippen molar-refractivity contribution in [3.8, 4) is 0 Å². The molecule has 3 rings (SSSR count). The first kappa shape index (κ1) is 14.2. The highest BCUT2D eigenvalue weighted by atomic mass is 19.1. The largest absolute Gasteiger partial charge is 0.335 e. The van der Waals surface area contributed by atoms with Gasteiger partial charge in [-0.2, -0.15) is 0 Å². The number of carbonyl (C=O) groups is 2. The summed E-state index contributed by atoms with van der Waals surface area (Å²) in [6.45, 7) is 0.699. The van der Waals surface area contributed by atoms with Crippen molar-refractivity contribution in [2.45, 2.75) is 44.6 Å². The van der Waals surface area contributed by atoms with Gasteiger partial charge in [0.1, 0.15) is 11.6 Å². The first-order valence-corrected chi connectivity index (χ1v) is 7.76. The second-order valence-electron chi connectivity index (χ2n) is 6.03. The smallest absolute Gasteiger partial charge is 0.254 e. The van der Waals surface area contributed by atoms with Crippen LogP contribution >= 0.6 is 0 Å². The third kappa shape index (κ3) is 2.85. The van der Waals surface area contributed by atoms with Crippen LogP contribution < -0.4 is 0 Å². The highest BCUT2D eigenvalue weighted by Crippen LogP contribution is 2.33. The summed E-state index contributed by atoms with van der Waals surface area (Å²) in [5.74, 6) is -0.0986. The van der Waals surface area contributed by atoms with E-state index in [9.17, 15) is 14.0 Å². The van der Waals surface area contributed by atoms with Gasteiger partial charge in [0.15, 0.2) is 0 Å². The average Bonchev–Trinajstić information content (AvgIpc) is 2.97. The van der Waals surface area contributed by atoms with E-state index in [4.69, 9.17) is 0 Å². The molecule has 2 aliphatic rings. The van der Waals surface area contributed by atoms with E-state index >= 15 is 0 Å². The van der Waals surface area contributed by atoms with Gasteiger partial charge in [-0.05, 0) is 49.9 Å². The molecule has 1 heterocycles. The van der Waals surface area contributed by atoms with E-state index in [2.05, 4.69) is 0 Å². The maximum absolute atomic E-state index is 13.0. The molecule has 0 N–H and O–H groups in total. The van der Waals surface area contributed by atoms with Gasteiger partial charge in [-0.15, -0.1) is 0 Å². The number of halogens is 1. The van der Waals surface area contributed by atoms with Gasteiger partial charge < -0.3 is 4.90 Å². The van der Waals surface area contributed by atoms with Crippen LogP contribution in [0.4, 0.5) is 4.39 Å². The Bertz CT molecular complexity index is 540. The van der Waals surface area contributed by atoms with Gasteiger partial charge in [0.05, 0.1) is 0 Å². The Hall–Kier alpha value is -1.71. The second kappa shape index (κ2) is 5.96. The number of hydrogen-bond donors (Lipinski definition) is 0. The topological polar surface area (TPSA) is 37.4 Å². The average molecular weight is 289 g/mol. The summed E-state index contributed by atoms with van der Waals surface area (Å²) < 4.78 is 13.0. The van der Waals surface area contributed by atoms with Crippen molar-refractivity contribution < 1.29 is 14.0 Å². The zero-order valence-electron chi connectivity index (χ0n) is 12.1. The summed E-state index contributed by atoms with van der Waals surface area (Å²) in [5, 5.41) is 0. The Morgan fingerprint density at radius 3 is 2.57 bits per heavy atom. The lowest BCUT2D eigenvalue weighted by atomic mass is 9.81. The molecule has 1 aromatic carbocycles. The summed E-state index contributed by atoms with van der Waals surface area (Å²) in [7, 11) is 0. The molecule has 0 radical (unpaired) electrons. The minimum absolute atomic E-state index is 0.00523. The number of Topliss-reactive ketones (excluding diaryl/α,β-unsaturated/α-hetero) is 1. The Kier molecular flexibility index (Phi) is 4.04. The fraction of sp³-hybridized carbons (Fsp3) is 0.529. The number of rotatable bonds is 2. The van der Waals surface area contributed by atoms with Gasteiger partial charge in [-0.3, -0.25) is 9.59 Å². The van der Waals surface area contributed by atoms with E-state index < -0.39 is 0 Å². The molecule has 2 atom stereocenters. The minimum atomic E-state index is -0.341. The van der Waals surface area contributed by atoms with E-state index in [0.29, 0.717) is 24.3 Å². The summed E-state index contributed by atoms with van der Waals surface area (Å²) in [5.41, 5.74) is 0.506. The summed E-state index contributed by atoms with van der Waals surface area (Å²) in [6.07, 6.45) is 5.46. The lowest BCUT2D eigenvalue weighted by Gasteiger charge is -2.33.